The summed E-state index contributed by atoms with van der Waals surface area (Å²) in [5, 5.41) is 4.17. The lowest BCUT2D eigenvalue weighted by atomic mass is 10.2. The van der Waals surface area contributed by atoms with Gasteiger partial charge in [0, 0.05) is 38.1 Å². The topological polar surface area (TPSA) is 54.3 Å². The smallest absolute Gasteiger partial charge is 0.370 e. The highest BCUT2D eigenvalue weighted by atomic mass is 19.4. The van der Waals surface area contributed by atoms with Crippen LogP contribution in [0.2, 0.25) is 0 Å². The minimum Gasteiger partial charge on any atom is -0.370 e. The Morgan fingerprint density at radius 3 is 2.38 bits per heavy atom. The molecule has 32 heavy (non-hydrogen) atoms. The number of pyridine rings is 1. The number of rotatable bonds is 3. The Balaban J connectivity index is 1.48. The summed E-state index contributed by atoms with van der Waals surface area (Å²) in [6, 6.07) is 8.43. The monoisotopic (exact) mass is 447 g/mol. The fourth-order valence-electron chi connectivity index (χ4n) is 3.73. The number of hydrogen-bond donors (Lipinski definition) is 0. The molecular weight excluding hydrogens is 426 g/mol. The van der Waals surface area contributed by atoms with Gasteiger partial charge in [-0.15, -0.1) is 0 Å². The lowest BCUT2D eigenvalue weighted by Gasteiger charge is -2.23. The summed E-state index contributed by atoms with van der Waals surface area (Å²) in [6.45, 7) is 4.06. The van der Waals surface area contributed by atoms with Crippen LogP contribution in [0.5, 0.6) is 0 Å². The SMILES string of the molecule is Cc1c(C(=O)N2CCCN(c3ccc(F)cc3)CC2)cnn1-c1ccc(C(F)(F)F)cn1. The van der Waals surface area contributed by atoms with Crippen molar-refractivity contribution in [1.29, 1.82) is 0 Å². The predicted octanol–water partition coefficient (Wildman–Crippen LogP) is 4.09. The highest BCUT2D eigenvalue weighted by Crippen LogP contribution is 2.29. The fraction of sp³-hybridized carbons (Fsp3) is 0.318. The normalized spacial score (nSPS) is 15.0. The van der Waals surface area contributed by atoms with Crippen LogP contribution in [0.4, 0.5) is 23.2 Å². The average molecular weight is 447 g/mol. The van der Waals surface area contributed by atoms with E-state index in [0.717, 1.165) is 30.9 Å². The molecule has 0 N–H and O–H groups in total. The van der Waals surface area contributed by atoms with E-state index < -0.39 is 11.7 Å². The molecule has 1 aliphatic heterocycles. The van der Waals surface area contributed by atoms with Crippen LogP contribution in [0, 0.1) is 12.7 Å². The molecule has 1 amide bonds. The van der Waals surface area contributed by atoms with Crippen molar-refractivity contribution in [2.24, 2.45) is 0 Å². The van der Waals surface area contributed by atoms with E-state index >= 15 is 0 Å². The molecule has 168 valence electrons. The maximum absolute atomic E-state index is 13.2. The maximum Gasteiger partial charge on any atom is 0.417 e. The largest absolute Gasteiger partial charge is 0.417 e. The van der Waals surface area contributed by atoms with Crippen LogP contribution in [-0.2, 0) is 6.18 Å². The van der Waals surface area contributed by atoms with Crippen molar-refractivity contribution in [3.8, 4) is 5.82 Å². The number of aromatic nitrogens is 3. The first-order chi connectivity index (χ1) is 15.2. The second-order valence-corrected chi connectivity index (χ2v) is 7.57. The third kappa shape index (κ3) is 4.44. The van der Waals surface area contributed by atoms with Gasteiger partial charge in [-0.05, 0) is 49.7 Å². The van der Waals surface area contributed by atoms with Crippen LogP contribution in [-0.4, -0.2) is 51.8 Å². The first-order valence-corrected chi connectivity index (χ1v) is 10.1. The first kappa shape index (κ1) is 21.8. The van der Waals surface area contributed by atoms with Gasteiger partial charge in [-0.2, -0.15) is 18.3 Å². The number of benzene rings is 1. The fourth-order valence-corrected chi connectivity index (χ4v) is 3.73. The van der Waals surface area contributed by atoms with Crippen LogP contribution in [0.25, 0.3) is 5.82 Å². The van der Waals surface area contributed by atoms with Gasteiger partial charge in [0.15, 0.2) is 5.82 Å². The van der Waals surface area contributed by atoms with E-state index in [1.165, 1.54) is 29.1 Å². The zero-order valence-electron chi connectivity index (χ0n) is 17.3. The molecule has 0 bridgehead atoms. The third-order valence-corrected chi connectivity index (χ3v) is 5.51. The number of alkyl halides is 3. The second-order valence-electron chi connectivity index (χ2n) is 7.57. The standard InChI is InChI=1S/C22H21F4N5O/c1-15-19(14-28-31(15)20-8-3-16(13-27-20)22(24,25)26)21(32)30-10-2-9-29(11-12-30)18-6-4-17(23)5-7-18/h3-8,13-14H,2,9-12H2,1H3. The lowest BCUT2D eigenvalue weighted by Crippen LogP contribution is -2.35. The molecule has 0 unspecified atom stereocenters. The molecule has 0 saturated carbocycles. The van der Waals surface area contributed by atoms with E-state index in [1.807, 2.05) is 0 Å². The van der Waals surface area contributed by atoms with Gasteiger partial charge in [-0.25, -0.2) is 14.1 Å². The van der Waals surface area contributed by atoms with Gasteiger partial charge in [0.05, 0.1) is 23.0 Å². The number of carbonyl (C=O) groups excluding carboxylic acids is 1. The zero-order chi connectivity index (χ0) is 22.9. The van der Waals surface area contributed by atoms with E-state index in [4.69, 9.17) is 0 Å². The van der Waals surface area contributed by atoms with Crippen molar-refractivity contribution in [3.63, 3.8) is 0 Å². The van der Waals surface area contributed by atoms with Crippen LogP contribution in [0.15, 0.2) is 48.8 Å². The average Bonchev–Trinajstić information content (AvgIpc) is 2.98. The van der Waals surface area contributed by atoms with Crippen molar-refractivity contribution in [2.45, 2.75) is 19.5 Å². The highest BCUT2D eigenvalue weighted by Gasteiger charge is 2.31. The Morgan fingerprint density at radius 1 is 0.969 bits per heavy atom. The molecule has 1 aliphatic rings. The van der Waals surface area contributed by atoms with Crippen molar-refractivity contribution in [2.75, 3.05) is 31.1 Å². The van der Waals surface area contributed by atoms with Crippen molar-refractivity contribution in [1.82, 2.24) is 19.7 Å². The highest BCUT2D eigenvalue weighted by molar-refractivity contribution is 5.95. The number of amides is 1. The molecule has 2 aromatic heterocycles. The van der Waals surface area contributed by atoms with Crippen molar-refractivity contribution < 1.29 is 22.4 Å². The minimum atomic E-state index is -4.47. The maximum atomic E-state index is 13.2. The number of anilines is 1. The number of nitrogens with zero attached hydrogens (tertiary/aromatic N) is 5. The zero-order valence-corrected chi connectivity index (χ0v) is 17.3. The molecule has 0 atom stereocenters. The van der Waals surface area contributed by atoms with Gasteiger partial charge in [0.1, 0.15) is 5.82 Å². The van der Waals surface area contributed by atoms with Crippen molar-refractivity contribution in [3.05, 3.63) is 71.4 Å². The number of carbonyl (C=O) groups is 1. The lowest BCUT2D eigenvalue weighted by molar-refractivity contribution is -0.137. The Hall–Kier alpha value is -3.43. The third-order valence-electron chi connectivity index (χ3n) is 5.51. The summed E-state index contributed by atoms with van der Waals surface area (Å²) in [6.07, 6.45) is -1.56. The van der Waals surface area contributed by atoms with Gasteiger partial charge < -0.3 is 9.80 Å². The molecule has 3 aromatic rings. The summed E-state index contributed by atoms with van der Waals surface area (Å²) >= 11 is 0. The summed E-state index contributed by atoms with van der Waals surface area (Å²) in [7, 11) is 0. The predicted molar refractivity (Wildman–Crippen MR) is 110 cm³/mol. The number of hydrogen-bond acceptors (Lipinski definition) is 4. The summed E-state index contributed by atoms with van der Waals surface area (Å²) in [5.41, 5.74) is 0.930. The van der Waals surface area contributed by atoms with Crippen molar-refractivity contribution >= 4 is 11.6 Å². The first-order valence-electron chi connectivity index (χ1n) is 10.1. The molecule has 1 fully saturated rings. The van der Waals surface area contributed by atoms with Crippen LogP contribution in [0.1, 0.15) is 28.0 Å². The number of halogens is 4. The Kier molecular flexibility index (Phi) is 5.86. The molecule has 0 aliphatic carbocycles. The molecule has 4 rings (SSSR count). The van der Waals surface area contributed by atoms with Gasteiger partial charge in [0.25, 0.3) is 5.91 Å². The molecule has 6 nitrogen and oxygen atoms in total. The van der Waals surface area contributed by atoms with E-state index in [2.05, 4.69) is 15.0 Å². The Bertz CT molecular complexity index is 1090. The summed E-state index contributed by atoms with van der Waals surface area (Å²) < 4.78 is 52.9. The van der Waals surface area contributed by atoms with Crippen LogP contribution in [0.3, 0.4) is 0 Å². The summed E-state index contributed by atoms with van der Waals surface area (Å²) in [4.78, 5) is 20.8. The van der Waals surface area contributed by atoms with Gasteiger partial charge >= 0.3 is 6.18 Å². The molecule has 1 aromatic carbocycles. The second kappa shape index (κ2) is 8.60. The van der Waals surface area contributed by atoms with E-state index in [9.17, 15) is 22.4 Å². The molecule has 0 radical (unpaired) electrons. The van der Waals surface area contributed by atoms with Crippen LogP contribution >= 0.6 is 0 Å². The Labute approximate surface area is 182 Å². The van der Waals surface area contributed by atoms with Gasteiger partial charge in [-0.1, -0.05) is 0 Å². The molecule has 0 spiro atoms. The summed E-state index contributed by atoms with van der Waals surface area (Å²) in [5.74, 6) is -0.287. The van der Waals surface area contributed by atoms with E-state index in [-0.39, 0.29) is 17.5 Å². The molecule has 3 heterocycles. The minimum absolute atomic E-state index is 0.193. The Morgan fingerprint density at radius 2 is 1.72 bits per heavy atom. The quantitative estimate of drug-likeness (QED) is 0.568. The molecule has 1 saturated heterocycles. The molecule has 10 heteroatoms. The molecular formula is C22H21F4N5O. The van der Waals surface area contributed by atoms with Crippen LogP contribution < -0.4 is 4.90 Å². The van der Waals surface area contributed by atoms with E-state index in [0.29, 0.717) is 30.9 Å². The van der Waals surface area contributed by atoms with Gasteiger partial charge in [-0.3, -0.25) is 4.79 Å². The van der Waals surface area contributed by atoms with E-state index in [1.54, 1.807) is 24.0 Å². The van der Waals surface area contributed by atoms with Gasteiger partial charge in [0.2, 0.25) is 0 Å².